The van der Waals surface area contributed by atoms with Gasteiger partial charge in [-0.25, -0.2) is 0 Å². The van der Waals surface area contributed by atoms with Gasteiger partial charge in [-0.1, -0.05) is 13.8 Å². The fourth-order valence-corrected chi connectivity index (χ4v) is 3.53. The molecule has 2 fully saturated rings. The number of likely N-dealkylation sites (tertiary alicyclic amines) is 1. The van der Waals surface area contributed by atoms with Crippen LogP contribution >= 0.6 is 0 Å². The molecule has 0 aromatic heterocycles. The molecule has 0 spiro atoms. The Kier molecular flexibility index (Phi) is 4.06. The number of hydrogen-bond acceptors (Lipinski definition) is 3. The van der Waals surface area contributed by atoms with Crippen molar-refractivity contribution in [2.75, 3.05) is 19.6 Å². The van der Waals surface area contributed by atoms with E-state index in [-0.39, 0.29) is 5.54 Å². The number of nitriles is 1. The van der Waals surface area contributed by atoms with Crippen molar-refractivity contribution in [1.29, 1.82) is 5.26 Å². The van der Waals surface area contributed by atoms with Crippen LogP contribution < -0.4 is 5.32 Å². The highest BCUT2D eigenvalue weighted by atomic mass is 15.2. The monoisotopic (exact) mass is 235 g/mol. The molecule has 0 bridgehead atoms. The van der Waals surface area contributed by atoms with E-state index in [9.17, 15) is 5.26 Å². The SMILES string of the molecule is CCNC1(C#N)CCC(N2CCCC(C)C2)C1. The number of nitrogens with zero attached hydrogens (tertiary/aromatic N) is 2. The molecule has 3 atom stereocenters. The third kappa shape index (κ3) is 2.81. The van der Waals surface area contributed by atoms with Crippen molar-refractivity contribution in [2.45, 2.75) is 57.5 Å². The van der Waals surface area contributed by atoms with Crippen LogP contribution in [0.4, 0.5) is 0 Å². The molecule has 1 N–H and O–H groups in total. The fraction of sp³-hybridized carbons (Fsp3) is 0.929. The van der Waals surface area contributed by atoms with E-state index in [0.717, 1.165) is 25.3 Å². The Labute approximate surface area is 105 Å². The molecule has 0 aromatic carbocycles. The smallest absolute Gasteiger partial charge is 0.108 e. The van der Waals surface area contributed by atoms with Crippen molar-refractivity contribution in [1.82, 2.24) is 10.2 Å². The van der Waals surface area contributed by atoms with Crippen LogP contribution in [0.15, 0.2) is 0 Å². The minimum atomic E-state index is -0.236. The Morgan fingerprint density at radius 1 is 1.47 bits per heavy atom. The van der Waals surface area contributed by atoms with Gasteiger partial charge >= 0.3 is 0 Å². The van der Waals surface area contributed by atoms with Gasteiger partial charge in [-0.3, -0.25) is 5.32 Å². The van der Waals surface area contributed by atoms with E-state index in [1.807, 2.05) is 0 Å². The van der Waals surface area contributed by atoms with Crippen LogP contribution in [0.2, 0.25) is 0 Å². The Hall–Kier alpha value is -0.590. The third-order valence-electron chi connectivity index (χ3n) is 4.42. The van der Waals surface area contributed by atoms with E-state index in [0.29, 0.717) is 6.04 Å². The number of hydrogen-bond donors (Lipinski definition) is 1. The third-order valence-corrected chi connectivity index (χ3v) is 4.42. The van der Waals surface area contributed by atoms with E-state index in [1.54, 1.807) is 0 Å². The Morgan fingerprint density at radius 2 is 2.29 bits per heavy atom. The highest BCUT2D eigenvalue weighted by Crippen LogP contribution is 2.34. The zero-order valence-electron chi connectivity index (χ0n) is 11.2. The first kappa shape index (κ1) is 12.9. The highest BCUT2D eigenvalue weighted by molar-refractivity contribution is 5.13. The van der Waals surface area contributed by atoms with Gasteiger partial charge < -0.3 is 4.90 Å². The quantitative estimate of drug-likeness (QED) is 0.814. The number of piperidine rings is 1. The van der Waals surface area contributed by atoms with Crippen LogP contribution in [-0.4, -0.2) is 36.1 Å². The van der Waals surface area contributed by atoms with Gasteiger partial charge in [0.2, 0.25) is 0 Å². The zero-order chi connectivity index (χ0) is 12.3. The first-order chi connectivity index (χ1) is 8.19. The van der Waals surface area contributed by atoms with Gasteiger partial charge in [0, 0.05) is 12.6 Å². The predicted octanol–water partition coefficient (Wildman–Crippen LogP) is 2.14. The molecular weight excluding hydrogens is 210 g/mol. The Morgan fingerprint density at radius 3 is 2.94 bits per heavy atom. The van der Waals surface area contributed by atoms with Crippen molar-refractivity contribution < 1.29 is 0 Å². The molecule has 0 aromatic rings. The van der Waals surface area contributed by atoms with Crippen LogP contribution in [0.1, 0.15) is 46.0 Å². The average Bonchev–Trinajstić information content (AvgIpc) is 2.75. The molecule has 96 valence electrons. The topological polar surface area (TPSA) is 39.1 Å². The normalized spacial score (nSPS) is 39.1. The molecule has 1 aliphatic heterocycles. The van der Waals surface area contributed by atoms with Gasteiger partial charge in [0.25, 0.3) is 0 Å². The van der Waals surface area contributed by atoms with Gasteiger partial charge in [0.1, 0.15) is 5.54 Å². The Bertz CT molecular complexity index is 296. The predicted molar refractivity (Wildman–Crippen MR) is 69.6 cm³/mol. The molecule has 2 aliphatic rings. The van der Waals surface area contributed by atoms with Crippen molar-refractivity contribution in [2.24, 2.45) is 5.92 Å². The first-order valence-electron chi connectivity index (χ1n) is 7.09. The van der Waals surface area contributed by atoms with E-state index in [2.05, 4.69) is 30.1 Å². The van der Waals surface area contributed by atoms with E-state index in [4.69, 9.17) is 0 Å². The molecule has 2 rings (SSSR count). The zero-order valence-corrected chi connectivity index (χ0v) is 11.2. The minimum Gasteiger partial charge on any atom is -0.300 e. The summed E-state index contributed by atoms with van der Waals surface area (Å²) in [4.78, 5) is 2.63. The highest BCUT2D eigenvalue weighted by Gasteiger charge is 2.41. The second-order valence-corrected chi connectivity index (χ2v) is 5.86. The second-order valence-electron chi connectivity index (χ2n) is 5.86. The summed E-state index contributed by atoms with van der Waals surface area (Å²) >= 11 is 0. The summed E-state index contributed by atoms with van der Waals surface area (Å²) in [6, 6.07) is 3.16. The van der Waals surface area contributed by atoms with Crippen LogP contribution in [0, 0.1) is 17.2 Å². The van der Waals surface area contributed by atoms with E-state index in [1.165, 1.54) is 32.4 Å². The summed E-state index contributed by atoms with van der Waals surface area (Å²) in [5.74, 6) is 0.833. The van der Waals surface area contributed by atoms with Gasteiger partial charge in [0.05, 0.1) is 6.07 Å². The molecule has 1 aliphatic carbocycles. The van der Waals surface area contributed by atoms with Gasteiger partial charge in [-0.2, -0.15) is 5.26 Å². The lowest BCUT2D eigenvalue weighted by Gasteiger charge is -2.36. The average molecular weight is 235 g/mol. The molecule has 1 saturated heterocycles. The maximum atomic E-state index is 9.38. The Balaban J connectivity index is 1.94. The number of rotatable bonds is 3. The molecule has 0 amide bonds. The summed E-state index contributed by atoms with van der Waals surface area (Å²) in [5, 5.41) is 12.8. The summed E-state index contributed by atoms with van der Waals surface area (Å²) in [6.07, 6.45) is 5.93. The maximum Gasteiger partial charge on any atom is 0.108 e. The van der Waals surface area contributed by atoms with Crippen LogP contribution in [0.25, 0.3) is 0 Å². The summed E-state index contributed by atoms with van der Waals surface area (Å²) in [6.45, 7) is 7.82. The van der Waals surface area contributed by atoms with Crippen LogP contribution in [-0.2, 0) is 0 Å². The summed E-state index contributed by atoms with van der Waals surface area (Å²) in [7, 11) is 0. The van der Waals surface area contributed by atoms with Gasteiger partial charge in [-0.05, 0) is 51.1 Å². The van der Waals surface area contributed by atoms with Crippen molar-refractivity contribution >= 4 is 0 Å². The molecule has 17 heavy (non-hydrogen) atoms. The van der Waals surface area contributed by atoms with Gasteiger partial charge in [-0.15, -0.1) is 0 Å². The number of nitrogens with one attached hydrogen (secondary N) is 1. The van der Waals surface area contributed by atoms with Gasteiger partial charge in [0.15, 0.2) is 0 Å². The molecule has 0 radical (unpaired) electrons. The van der Waals surface area contributed by atoms with Crippen molar-refractivity contribution in [3.63, 3.8) is 0 Å². The molecule has 1 heterocycles. The standard InChI is InChI=1S/C14H25N3/c1-3-16-14(11-15)7-6-13(9-14)17-8-4-5-12(2)10-17/h12-13,16H,3-10H2,1-2H3. The molecule has 3 unspecified atom stereocenters. The molecule has 1 saturated carbocycles. The first-order valence-corrected chi connectivity index (χ1v) is 7.09. The largest absolute Gasteiger partial charge is 0.300 e. The molecule has 3 heteroatoms. The van der Waals surface area contributed by atoms with Crippen molar-refractivity contribution in [3.8, 4) is 6.07 Å². The van der Waals surface area contributed by atoms with E-state index < -0.39 is 0 Å². The summed E-state index contributed by atoms with van der Waals surface area (Å²) in [5.41, 5.74) is -0.236. The van der Waals surface area contributed by atoms with Crippen molar-refractivity contribution in [3.05, 3.63) is 0 Å². The molecular formula is C14H25N3. The summed E-state index contributed by atoms with van der Waals surface area (Å²) < 4.78 is 0. The fourth-order valence-electron chi connectivity index (χ4n) is 3.53. The maximum absolute atomic E-state index is 9.38. The lowest BCUT2D eigenvalue weighted by atomic mass is 9.96. The van der Waals surface area contributed by atoms with Crippen LogP contribution in [0.5, 0.6) is 0 Å². The van der Waals surface area contributed by atoms with E-state index >= 15 is 0 Å². The van der Waals surface area contributed by atoms with Crippen LogP contribution in [0.3, 0.4) is 0 Å². The second kappa shape index (κ2) is 5.37. The minimum absolute atomic E-state index is 0.236. The lowest BCUT2D eigenvalue weighted by molar-refractivity contribution is 0.128. The lowest BCUT2D eigenvalue weighted by Crippen LogP contribution is -2.45. The molecule has 3 nitrogen and oxygen atoms in total.